The molecular weight excluding hydrogens is 144 g/mol. The van der Waals surface area contributed by atoms with E-state index in [1.165, 1.54) is 0 Å². The minimum Gasteiger partial charge on any atom is -0.312 e. The fraction of sp³-hybridized carbons (Fsp3) is 1.00. The molecule has 0 rings (SSSR count). The minimum atomic E-state index is 0.407. The van der Waals surface area contributed by atoms with Gasteiger partial charge in [0.2, 0.25) is 6.13 Å². The molecule has 0 aromatic rings. The molecule has 0 amide bonds. The molecule has 0 N–H and O–H groups in total. The quantitative estimate of drug-likeness (QED) is 0.565. The predicted molar refractivity (Wildman–Crippen MR) is 52.2 cm³/mol. The molecular formula is C7H19BClN. The summed E-state index contributed by atoms with van der Waals surface area (Å²) in [7, 11) is 6.00. The van der Waals surface area contributed by atoms with Crippen LogP contribution in [0.1, 0.15) is 13.8 Å². The van der Waals surface area contributed by atoms with Crippen molar-refractivity contribution in [1.29, 1.82) is 0 Å². The molecule has 0 saturated carbocycles. The first-order valence-corrected chi connectivity index (χ1v) is 4.23. The van der Waals surface area contributed by atoms with E-state index in [4.69, 9.17) is 11.5 Å². The highest BCUT2D eigenvalue weighted by Crippen LogP contribution is 2.00. The Kier molecular flexibility index (Phi) is 12.1. The smallest absolute Gasteiger partial charge is 0.250 e. The average molecular weight is 164 g/mol. The molecule has 0 bridgehead atoms. The average Bonchev–Trinajstić information content (AvgIpc) is 1.85. The monoisotopic (exact) mass is 163 g/mol. The molecule has 0 aromatic heterocycles. The Balaban J connectivity index is 0. The summed E-state index contributed by atoms with van der Waals surface area (Å²) in [5.41, 5.74) is 0. The maximum atomic E-state index is 5.65. The van der Waals surface area contributed by atoms with Crippen LogP contribution in [0.4, 0.5) is 0 Å². The SMILES string of the molecule is CCB(Cl)CC.CN(C)C. The lowest BCUT2D eigenvalue weighted by Gasteiger charge is -1.90. The summed E-state index contributed by atoms with van der Waals surface area (Å²) in [4.78, 5) is 2.00. The highest BCUT2D eigenvalue weighted by molar-refractivity contribution is 7.06. The van der Waals surface area contributed by atoms with Crippen molar-refractivity contribution in [2.24, 2.45) is 0 Å². The van der Waals surface area contributed by atoms with Crippen molar-refractivity contribution in [3.8, 4) is 0 Å². The zero-order chi connectivity index (χ0) is 8.57. The van der Waals surface area contributed by atoms with Gasteiger partial charge in [-0.3, -0.25) is 0 Å². The van der Waals surface area contributed by atoms with E-state index in [1.807, 2.05) is 26.0 Å². The third kappa shape index (κ3) is 23.9. The van der Waals surface area contributed by atoms with Gasteiger partial charge >= 0.3 is 0 Å². The molecule has 0 saturated heterocycles. The first kappa shape index (κ1) is 12.9. The van der Waals surface area contributed by atoms with Gasteiger partial charge in [0.15, 0.2) is 0 Å². The van der Waals surface area contributed by atoms with Gasteiger partial charge in [-0.1, -0.05) is 26.5 Å². The highest BCUT2D eigenvalue weighted by Gasteiger charge is 1.99. The van der Waals surface area contributed by atoms with E-state index >= 15 is 0 Å². The van der Waals surface area contributed by atoms with Crippen molar-refractivity contribution in [2.75, 3.05) is 21.1 Å². The second kappa shape index (κ2) is 9.31. The summed E-state index contributed by atoms with van der Waals surface area (Å²) in [6.45, 7) is 4.20. The van der Waals surface area contributed by atoms with Crippen LogP contribution in [-0.4, -0.2) is 32.2 Å². The fourth-order valence-corrected chi connectivity index (χ4v) is 0.289. The van der Waals surface area contributed by atoms with E-state index in [9.17, 15) is 0 Å². The van der Waals surface area contributed by atoms with Gasteiger partial charge in [-0.05, 0) is 21.1 Å². The number of hydrogen-bond acceptors (Lipinski definition) is 1. The number of hydrogen-bond donors (Lipinski definition) is 0. The first-order chi connectivity index (χ1) is 4.54. The van der Waals surface area contributed by atoms with Crippen molar-refractivity contribution in [1.82, 2.24) is 4.90 Å². The van der Waals surface area contributed by atoms with E-state index in [0.717, 1.165) is 12.6 Å². The van der Waals surface area contributed by atoms with Crippen LogP contribution in [0.5, 0.6) is 0 Å². The summed E-state index contributed by atoms with van der Waals surface area (Å²) < 4.78 is 0. The van der Waals surface area contributed by atoms with Crippen LogP contribution >= 0.6 is 11.5 Å². The lowest BCUT2D eigenvalue weighted by molar-refractivity contribution is 0.505. The molecule has 1 nitrogen and oxygen atoms in total. The van der Waals surface area contributed by atoms with E-state index < -0.39 is 0 Å². The Morgan fingerprint density at radius 2 is 1.30 bits per heavy atom. The Labute approximate surface area is 70.7 Å². The molecule has 3 heteroatoms. The van der Waals surface area contributed by atoms with Crippen molar-refractivity contribution in [3.63, 3.8) is 0 Å². The maximum Gasteiger partial charge on any atom is 0.250 e. The Bertz CT molecular complexity index is 52.8. The standard InChI is InChI=1S/C4H10BCl.C3H9N/c1-3-5(6)4-2;1-4(2)3/h3-4H2,1-2H3;1-3H3. The molecule has 0 aliphatic heterocycles. The third-order valence-corrected chi connectivity index (χ3v) is 1.50. The summed E-state index contributed by atoms with van der Waals surface area (Å²) in [5, 5.41) is 0. The molecule has 0 atom stereocenters. The van der Waals surface area contributed by atoms with Crippen LogP contribution in [0.25, 0.3) is 0 Å². The van der Waals surface area contributed by atoms with Gasteiger partial charge in [0.1, 0.15) is 0 Å². The first-order valence-electron chi connectivity index (χ1n) is 3.79. The van der Waals surface area contributed by atoms with Crippen LogP contribution < -0.4 is 0 Å². The molecule has 0 aliphatic rings. The third-order valence-electron chi connectivity index (χ3n) is 0.886. The molecule has 0 aromatic carbocycles. The van der Waals surface area contributed by atoms with Crippen LogP contribution in [-0.2, 0) is 0 Å². The predicted octanol–water partition coefficient (Wildman–Crippen LogP) is 2.43. The summed E-state index contributed by atoms with van der Waals surface area (Å²) in [5.74, 6) is 0. The van der Waals surface area contributed by atoms with Gasteiger partial charge in [0, 0.05) is 0 Å². The van der Waals surface area contributed by atoms with Gasteiger partial charge < -0.3 is 4.90 Å². The Morgan fingerprint density at radius 1 is 1.10 bits per heavy atom. The number of rotatable bonds is 2. The molecule has 0 spiro atoms. The number of halogens is 1. The van der Waals surface area contributed by atoms with Crippen LogP contribution in [0, 0.1) is 0 Å². The van der Waals surface area contributed by atoms with Crippen molar-refractivity contribution in [3.05, 3.63) is 0 Å². The van der Waals surface area contributed by atoms with E-state index in [0.29, 0.717) is 6.13 Å². The van der Waals surface area contributed by atoms with E-state index in [-0.39, 0.29) is 0 Å². The Hall–Kier alpha value is 0.315. The zero-order valence-corrected chi connectivity index (χ0v) is 8.57. The number of nitrogens with zero attached hydrogens (tertiary/aromatic N) is 1. The van der Waals surface area contributed by atoms with Crippen LogP contribution in [0.15, 0.2) is 0 Å². The van der Waals surface area contributed by atoms with E-state index in [1.54, 1.807) is 0 Å². The zero-order valence-electron chi connectivity index (χ0n) is 7.82. The maximum absolute atomic E-state index is 5.65. The second-order valence-corrected chi connectivity index (χ2v) is 3.37. The topological polar surface area (TPSA) is 3.24 Å². The summed E-state index contributed by atoms with van der Waals surface area (Å²) in [6.07, 6.45) is 2.60. The minimum absolute atomic E-state index is 0.407. The van der Waals surface area contributed by atoms with Gasteiger partial charge in [-0.25, -0.2) is 0 Å². The lowest BCUT2D eigenvalue weighted by Crippen LogP contribution is -1.99. The van der Waals surface area contributed by atoms with Crippen LogP contribution in [0.2, 0.25) is 12.6 Å². The van der Waals surface area contributed by atoms with Gasteiger partial charge in [-0.15, -0.1) is 0 Å². The second-order valence-electron chi connectivity index (χ2n) is 2.76. The molecule has 0 unspecified atom stereocenters. The van der Waals surface area contributed by atoms with Gasteiger partial charge in [-0.2, -0.15) is 11.5 Å². The molecule has 62 valence electrons. The largest absolute Gasteiger partial charge is 0.312 e. The molecule has 0 radical (unpaired) electrons. The Morgan fingerprint density at radius 3 is 1.30 bits per heavy atom. The van der Waals surface area contributed by atoms with Crippen LogP contribution in [0.3, 0.4) is 0 Å². The van der Waals surface area contributed by atoms with E-state index in [2.05, 4.69) is 13.8 Å². The normalized spacial score (nSPS) is 8.70. The lowest BCUT2D eigenvalue weighted by atomic mass is 9.71. The van der Waals surface area contributed by atoms with Crippen molar-refractivity contribution < 1.29 is 0 Å². The summed E-state index contributed by atoms with van der Waals surface area (Å²) in [6, 6.07) is 0. The highest BCUT2D eigenvalue weighted by atomic mass is 35.5. The fourth-order valence-electron chi connectivity index (χ4n) is 0.289. The summed E-state index contributed by atoms with van der Waals surface area (Å²) >= 11 is 5.65. The molecule has 10 heavy (non-hydrogen) atoms. The van der Waals surface area contributed by atoms with Gasteiger partial charge in [0.25, 0.3) is 0 Å². The molecule has 0 heterocycles. The van der Waals surface area contributed by atoms with Crippen molar-refractivity contribution >= 4 is 17.6 Å². The molecule has 0 aliphatic carbocycles. The van der Waals surface area contributed by atoms with Crippen molar-refractivity contribution in [2.45, 2.75) is 26.5 Å². The van der Waals surface area contributed by atoms with Gasteiger partial charge in [0.05, 0.1) is 0 Å². The molecule has 0 fully saturated rings.